The number of rotatable bonds is 16. The molecule has 0 spiro atoms. The number of ether oxygens (including phenoxy) is 8. The average molecular weight is 1110 g/mol. The van der Waals surface area contributed by atoms with Gasteiger partial charge in [-0.05, 0) is 100 Å². The Morgan fingerprint density at radius 1 is 0.623 bits per heavy atom. The maximum Gasteiger partial charge on any atom is 0.187 e. The third kappa shape index (κ3) is 10.6. The quantitative estimate of drug-likeness (QED) is 0.0744. The number of hydrogen-bond donors (Lipinski definition) is 14. The Balaban J connectivity index is 0.942. The molecule has 14 N–H and O–H groups in total. The van der Waals surface area contributed by atoms with Crippen molar-refractivity contribution in [3.05, 3.63) is 11.6 Å². The number of ketones is 1. The van der Waals surface area contributed by atoms with E-state index in [1.165, 1.54) is 6.92 Å². The summed E-state index contributed by atoms with van der Waals surface area (Å²) in [7, 11) is 0. The zero-order valence-corrected chi connectivity index (χ0v) is 45.8. The number of aliphatic hydroxyl groups is 14. The fraction of sp³-hybridized carbons (Fsp3) is 0.944. The first-order valence-corrected chi connectivity index (χ1v) is 27.8. The number of carbonyl (C=O) groups is 1. The van der Waals surface area contributed by atoms with E-state index in [0.29, 0.717) is 32.1 Å². The highest BCUT2D eigenvalue weighted by Gasteiger charge is 2.71. The predicted octanol–water partition coefficient (Wildman–Crippen LogP) is -2.00. The zero-order valence-electron chi connectivity index (χ0n) is 45.8. The van der Waals surface area contributed by atoms with Crippen molar-refractivity contribution < 1.29 is 114 Å². The highest BCUT2D eigenvalue weighted by Crippen LogP contribution is 2.74. The number of aliphatic hydroxyl groups excluding tert-OH is 14. The first kappa shape index (κ1) is 61.6. The molecule has 23 nitrogen and oxygen atoms in total. The van der Waals surface area contributed by atoms with Gasteiger partial charge in [0.15, 0.2) is 25.2 Å². The predicted molar refractivity (Wildman–Crippen MR) is 265 cm³/mol. The molecule has 8 aliphatic rings. The average Bonchev–Trinajstić information content (AvgIpc) is 3.93. The minimum absolute atomic E-state index is 0.00299. The minimum atomic E-state index is -1.85. The Morgan fingerprint density at radius 2 is 1.13 bits per heavy atom. The van der Waals surface area contributed by atoms with Crippen LogP contribution in [0.4, 0.5) is 0 Å². The van der Waals surface area contributed by atoms with Crippen LogP contribution in [-0.2, 0) is 42.7 Å². The molecular formula is C54H90O23. The number of carbonyl (C=O) groups excluding carboxylic acids is 1. The highest BCUT2D eigenvalue weighted by molar-refractivity contribution is 5.88. The summed E-state index contributed by atoms with van der Waals surface area (Å²) >= 11 is 0. The van der Waals surface area contributed by atoms with Gasteiger partial charge in [0.1, 0.15) is 97.3 Å². The van der Waals surface area contributed by atoms with E-state index in [-0.39, 0.29) is 41.3 Å². The molecule has 23 heteroatoms. The highest BCUT2D eigenvalue weighted by atomic mass is 16.8. The molecule has 77 heavy (non-hydrogen) atoms. The van der Waals surface area contributed by atoms with Crippen LogP contribution < -0.4 is 0 Å². The van der Waals surface area contributed by atoms with Crippen LogP contribution in [0.1, 0.15) is 114 Å². The second kappa shape index (κ2) is 22.9. The number of allylic oxidation sites excluding steroid dienone is 1. The maximum atomic E-state index is 15.2. The Labute approximate surface area is 450 Å². The molecule has 0 unspecified atom stereocenters. The molecular weight excluding hydrogens is 1020 g/mol. The molecule has 4 saturated heterocycles. The zero-order chi connectivity index (χ0) is 56.8. The monoisotopic (exact) mass is 1110 g/mol. The van der Waals surface area contributed by atoms with Crippen LogP contribution in [0.5, 0.6) is 0 Å². The summed E-state index contributed by atoms with van der Waals surface area (Å²) in [6, 6.07) is 0. The van der Waals surface area contributed by atoms with E-state index in [2.05, 4.69) is 33.8 Å². The van der Waals surface area contributed by atoms with Gasteiger partial charge in [0.2, 0.25) is 0 Å². The van der Waals surface area contributed by atoms with Crippen LogP contribution in [0.3, 0.4) is 0 Å². The molecule has 0 aromatic carbocycles. The normalized spacial score (nSPS) is 51.0. The molecule has 4 heterocycles. The molecule has 0 radical (unpaired) electrons. The third-order valence-corrected chi connectivity index (χ3v) is 20.7. The summed E-state index contributed by atoms with van der Waals surface area (Å²) in [5, 5.41) is 149. The number of hydrogen-bond acceptors (Lipinski definition) is 23. The van der Waals surface area contributed by atoms with Crippen LogP contribution in [0.25, 0.3) is 0 Å². The van der Waals surface area contributed by atoms with Crippen LogP contribution in [0.15, 0.2) is 11.6 Å². The lowest BCUT2D eigenvalue weighted by atomic mass is 9.38. The third-order valence-electron chi connectivity index (χ3n) is 20.7. The van der Waals surface area contributed by atoms with E-state index in [9.17, 15) is 71.5 Å². The van der Waals surface area contributed by atoms with Crippen LogP contribution in [0.2, 0.25) is 0 Å². The first-order chi connectivity index (χ1) is 35.9. The summed E-state index contributed by atoms with van der Waals surface area (Å²) in [6.45, 7) is 15.6. The van der Waals surface area contributed by atoms with Crippen molar-refractivity contribution >= 4 is 5.78 Å². The van der Waals surface area contributed by atoms with Gasteiger partial charge in [-0.1, -0.05) is 53.2 Å². The van der Waals surface area contributed by atoms with Gasteiger partial charge in [-0.15, -0.1) is 0 Å². The summed E-state index contributed by atoms with van der Waals surface area (Å²) in [5.74, 6) is 0.235. The van der Waals surface area contributed by atoms with Gasteiger partial charge in [-0.25, -0.2) is 0 Å². The molecule has 444 valence electrons. The van der Waals surface area contributed by atoms with E-state index in [0.717, 1.165) is 18.4 Å². The fourth-order valence-electron chi connectivity index (χ4n) is 15.3. The van der Waals surface area contributed by atoms with Crippen LogP contribution in [-0.4, -0.2) is 238 Å². The Kier molecular flexibility index (Phi) is 18.4. The lowest BCUT2D eigenvalue weighted by Gasteiger charge is -2.65. The van der Waals surface area contributed by atoms with Crippen molar-refractivity contribution in [2.24, 2.45) is 45.3 Å². The van der Waals surface area contributed by atoms with Gasteiger partial charge in [0.05, 0.1) is 43.7 Å². The van der Waals surface area contributed by atoms with E-state index in [1.807, 2.05) is 13.8 Å². The molecule has 0 amide bonds. The van der Waals surface area contributed by atoms with E-state index in [4.69, 9.17) is 37.9 Å². The van der Waals surface area contributed by atoms with Crippen molar-refractivity contribution in [3.63, 3.8) is 0 Å². The Bertz CT molecular complexity index is 2060. The summed E-state index contributed by atoms with van der Waals surface area (Å²) in [5.41, 5.74) is -2.38. The van der Waals surface area contributed by atoms with E-state index in [1.54, 1.807) is 13.8 Å². The van der Waals surface area contributed by atoms with Crippen molar-refractivity contribution in [2.75, 3.05) is 19.8 Å². The SMILES string of the molecule is C[C@H](CC[C@@H](O)C(C)(C)O[C@@H]1O[C@H](CO)[C@@H](O)[C@H](O)[C@H]1O[C@@H]1O[C@H](CO)[C@@H](O)[C@H](O)[C@H]1O)[C@H]1CC[C@@]2(C)[C@@H]3CC=C4[C@@H](CC[C@H](O[C@@H]5O[C@H](CO)[C@@H](O)[C@H](O)[C@H]5O[C@@H]5O[C@@H](C)[C@H](O)[C@@H](O)[C@H]5O)C4(C)C)[C@]3(C)C(=O)C[C@]12C. The molecule has 0 aromatic rings. The molecule has 4 aliphatic carbocycles. The lowest BCUT2D eigenvalue weighted by molar-refractivity contribution is -0.380. The molecule has 0 aromatic heterocycles. The second-order valence-electron chi connectivity index (χ2n) is 25.6. The van der Waals surface area contributed by atoms with Crippen molar-refractivity contribution in [1.82, 2.24) is 0 Å². The maximum absolute atomic E-state index is 15.2. The molecule has 8 rings (SSSR count). The minimum Gasteiger partial charge on any atom is -0.394 e. The first-order valence-electron chi connectivity index (χ1n) is 27.8. The molecule has 3 saturated carbocycles. The molecule has 4 aliphatic heterocycles. The second-order valence-corrected chi connectivity index (χ2v) is 25.6. The van der Waals surface area contributed by atoms with Gasteiger partial charge in [0.25, 0.3) is 0 Å². The summed E-state index contributed by atoms with van der Waals surface area (Å²) in [6.07, 6.45) is -25.8. The van der Waals surface area contributed by atoms with Crippen LogP contribution >= 0.6 is 0 Å². The Hall–Kier alpha value is -1.47. The smallest absolute Gasteiger partial charge is 0.187 e. The fourth-order valence-corrected chi connectivity index (χ4v) is 15.3. The van der Waals surface area contributed by atoms with E-state index >= 15 is 4.79 Å². The summed E-state index contributed by atoms with van der Waals surface area (Å²) in [4.78, 5) is 15.2. The number of fused-ring (bicyclic) bond motifs is 5. The van der Waals surface area contributed by atoms with Gasteiger partial charge in [0, 0.05) is 17.3 Å². The number of Topliss-reactive ketones (excluding diaryl/α,β-unsaturated/α-hetero) is 1. The molecule has 7 fully saturated rings. The van der Waals surface area contributed by atoms with E-state index < -0.39 is 177 Å². The van der Waals surface area contributed by atoms with Gasteiger partial charge < -0.3 is 109 Å². The standard InChI is InChI=1S/C54H90O23/c1-22(10-14-31(58)51(5,6)77-49-45(41(67)37(63)29(21-57)73-49)76-47-43(69)39(65)35(61)27(19-55)71-47)24-16-17-52(7)30-13-11-25-26(54(30,9)32(59)18-53(24,52)8)12-15-33(50(25,3)4)74-48-44(40(66)36(62)28(20-56)72-48)75-46-42(68)38(64)34(60)23(2)70-46/h11,22-24,26-31,33-49,55-58,60-69H,10,12-21H2,1-9H3/t22-,23+,24-,26-,27-,28-,29-,30+,31-,33+,34+,35-,36-,37-,38-,39+,40+,41+,42-,43-,44-,45-,46+,47+,48+,49+,52+,53-,54+/m1/s1. The van der Waals surface area contributed by atoms with Crippen molar-refractivity contribution in [1.29, 1.82) is 0 Å². The molecule has 29 atom stereocenters. The topological polar surface area (TPSA) is 374 Å². The van der Waals surface area contributed by atoms with Gasteiger partial charge in [-0.3, -0.25) is 4.79 Å². The van der Waals surface area contributed by atoms with Gasteiger partial charge >= 0.3 is 0 Å². The van der Waals surface area contributed by atoms with Gasteiger partial charge in [-0.2, -0.15) is 0 Å². The van der Waals surface area contributed by atoms with Crippen molar-refractivity contribution in [2.45, 2.75) is 254 Å². The lowest BCUT2D eigenvalue weighted by Crippen LogP contribution is -2.65. The van der Waals surface area contributed by atoms with Crippen LogP contribution in [0, 0.1) is 45.3 Å². The van der Waals surface area contributed by atoms with Crippen molar-refractivity contribution in [3.8, 4) is 0 Å². The summed E-state index contributed by atoms with van der Waals surface area (Å²) < 4.78 is 48.0. The largest absolute Gasteiger partial charge is 0.394 e. The Morgan fingerprint density at radius 3 is 1.70 bits per heavy atom. The molecule has 0 bridgehead atoms.